The summed E-state index contributed by atoms with van der Waals surface area (Å²) < 4.78 is 0. The molecule has 6 heteroatoms. The van der Waals surface area contributed by atoms with E-state index in [9.17, 15) is 10.1 Å². The Balaban J connectivity index is 2.07. The zero-order valence-corrected chi connectivity index (χ0v) is 8.01. The second-order valence-corrected chi connectivity index (χ2v) is 3.72. The van der Waals surface area contributed by atoms with Gasteiger partial charge in [0.05, 0.1) is 17.1 Å². The highest BCUT2D eigenvalue weighted by molar-refractivity contribution is 5.44. The quantitative estimate of drug-likeness (QED) is 0.568. The van der Waals surface area contributed by atoms with Gasteiger partial charge in [-0.25, -0.2) is 4.98 Å². The van der Waals surface area contributed by atoms with Gasteiger partial charge in [0.15, 0.2) is 0 Å². The summed E-state index contributed by atoms with van der Waals surface area (Å²) >= 11 is 0. The SMILES string of the molecule is O=[N+]([O-])c1ccc(NC2(CO)CC2)nc1. The maximum absolute atomic E-state index is 10.4. The van der Waals surface area contributed by atoms with E-state index in [1.165, 1.54) is 12.3 Å². The summed E-state index contributed by atoms with van der Waals surface area (Å²) in [5.74, 6) is 0.562. The Morgan fingerprint density at radius 2 is 2.33 bits per heavy atom. The summed E-state index contributed by atoms with van der Waals surface area (Å²) in [5.41, 5.74) is -0.280. The van der Waals surface area contributed by atoms with E-state index < -0.39 is 4.92 Å². The lowest BCUT2D eigenvalue weighted by molar-refractivity contribution is -0.385. The van der Waals surface area contributed by atoms with E-state index in [2.05, 4.69) is 10.3 Å². The van der Waals surface area contributed by atoms with Gasteiger partial charge in [-0.15, -0.1) is 0 Å². The van der Waals surface area contributed by atoms with Crippen LogP contribution in [0.4, 0.5) is 11.5 Å². The number of aliphatic hydroxyl groups excluding tert-OH is 1. The number of pyridine rings is 1. The summed E-state index contributed by atoms with van der Waals surface area (Å²) in [6.07, 6.45) is 3.01. The largest absolute Gasteiger partial charge is 0.394 e. The lowest BCUT2D eigenvalue weighted by atomic mass is 10.3. The van der Waals surface area contributed by atoms with Crippen LogP contribution in [0.2, 0.25) is 0 Å². The second kappa shape index (κ2) is 3.47. The highest BCUT2D eigenvalue weighted by Gasteiger charge is 2.42. The molecule has 0 atom stereocenters. The van der Waals surface area contributed by atoms with Crippen LogP contribution in [0.25, 0.3) is 0 Å². The zero-order chi connectivity index (χ0) is 10.9. The predicted molar refractivity (Wildman–Crippen MR) is 53.6 cm³/mol. The first-order chi connectivity index (χ1) is 7.15. The van der Waals surface area contributed by atoms with Crippen LogP contribution in [0.3, 0.4) is 0 Å². The smallest absolute Gasteiger partial charge is 0.287 e. The molecule has 1 heterocycles. The van der Waals surface area contributed by atoms with Gasteiger partial charge in [-0.2, -0.15) is 0 Å². The lowest BCUT2D eigenvalue weighted by Gasteiger charge is -2.14. The van der Waals surface area contributed by atoms with E-state index in [0.29, 0.717) is 5.82 Å². The molecule has 0 saturated heterocycles. The van der Waals surface area contributed by atoms with Crippen LogP contribution in [0, 0.1) is 10.1 Å². The fourth-order valence-electron chi connectivity index (χ4n) is 1.31. The second-order valence-electron chi connectivity index (χ2n) is 3.72. The van der Waals surface area contributed by atoms with E-state index in [1.54, 1.807) is 6.07 Å². The van der Waals surface area contributed by atoms with Crippen molar-refractivity contribution in [3.05, 3.63) is 28.4 Å². The average molecular weight is 209 g/mol. The minimum Gasteiger partial charge on any atom is -0.394 e. The van der Waals surface area contributed by atoms with Gasteiger partial charge in [-0.05, 0) is 18.9 Å². The van der Waals surface area contributed by atoms with E-state index in [4.69, 9.17) is 5.11 Å². The van der Waals surface area contributed by atoms with Crippen LogP contribution >= 0.6 is 0 Å². The third kappa shape index (κ3) is 2.04. The molecule has 15 heavy (non-hydrogen) atoms. The third-order valence-corrected chi connectivity index (χ3v) is 2.51. The van der Waals surface area contributed by atoms with Crippen molar-refractivity contribution in [1.29, 1.82) is 0 Å². The van der Waals surface area contributed by atoms with Crippen LogP contribution < -0.4 is 5.32 Å². The van der Waals surface area contributed by atoms with Gasteiger partial charge >= 0.3 is 0 Å². The van der Waals surface area contributed by atoms with Crippen molar-refractivity contribution in [2.75, 3.05) is 11.9 Å². The third-order valence-electron chi connectivity index (χ3n) is 2.51. The normalized spacial score (nSPS) is 17.1. The Bertz CT molecular complexity index is 373. The van der Waals surface area contributed by atoms with Gasteiger partial charge in [0, 0.05) is 6.07 Å². The summed E-state index contributed by atoms with van der Waals surface area (Å²) in [4.78, 5) is 13.8. The van der Waals surface area contributed by atoms with Crippen molar-refractivity contribution in [2.45, 2.75) is 18.4 Å². The van der Waals surface area contributed by atoms with Crippen molar-refractivity contribution in [3.63, 3.8) is 0 Å². The first-order valence-corrected chi connectivity index (χ1v) is 4.65. The zero-order valence-electron chi connectivity index (χ0n) is 8.01. The van der Waals surface area contributed by atoms with Gasteiger partial charge in [-0.1, -0.05) is 0 Å². The van der Waals surface area contributed by atoms with Crippen molar-refractivity contribution in [3.8, 4) is 0 Å². The molecule has 1 aromatic rings. The first kappa shape index (κ1) is 9.85. The minimum absolute atomic E-state index is 0.0330. The van der Waals surface area contributed by atoms with E-state index >= 15 is 0 Å². The van der Waals surface area contributed by atoms with Crippen molar-refractivity contribution < 1.29 is 10.0 Å². The van der Waals surface area contributed by atoms with Gasteiger partial charge in [0.1, 0.15) is 12.0 Å². The summed E-state index contributed by atoms with van der Waals surface area (Å²) in [6, 6.07) is 2.94. The lowest BCUT2D eigenvalue weighted by Crippen LogP contribution is -2.25. The Morgan fingerprint density at radius 1 is 1.60 bits per heavy atom. The number of nitrogens with one attached hydrogen (secondary N) is 1. The average Bonchev–Trinajstić information content (AvgIpc) is 2.99. The van der Waals surface area contributed by atoms with Crippen LogP contribution in [0.1, 0.15) is 12.8 Å². The molecular formula is C9H11N3O3. The Hall–Kier alpha value is -1.69. The number of anilines is 1. The number of nitrogens with zero attached hydrogens (tertiary/aromatic N) is 2. The molecule has 1 fully saturated rings. The minimum atomic E-state index is -0.490. The molecule has 0 aromatic carbocycles. The molecule has 80 valence electrons. The maximum atomic E-state index is 10.4. The van der Waals surface area contributed by atoms with Gasteiger partial charge < -0.3 is 10.4 Å². The van der Waals surface area contributed by atoms with Gasteiger partial charge in [0.2, 0.25) is 0 Å². The van der Waals surface area contributed by atoms with Crippen LogP contribution in [0.15, 0.2) is 18.3 Å². The molecule has 0 unspecified atom stereocenters. The van der Waals surface area contributed by atoms with Crippen molar-refractivity contribution >= 4 is 11.5 Å². The van der Waals surface area contributed by atoms with Crippen LogP contribution in [-0.4, -0.2) is 27.2 Å². The summed E-state index contributed by atoms with van der Waals surface area (Å²) in [7, 11) is 0. The standard InChI is InChI=1S/C9H11N3O3/c13-6-9(3-4-9)11-8-2-1-7(5-10-8)12(14)15/h1-2,5,13H,3-4,6H2,(H,10,11). The molecule has 1 aliphatic rings. The first-order valence-electron chi connectivity index (χ1n) is 4.65. The highest BCUT2D eigenvalue weighted by atomic mass is 16.6. The van der Waals surface area contributed by atoms with Gasteiger partial charge in [-0.3, -0.25) is 10.1 Å². The number of aliphatic hydroxyl groups is 1. The molecule has 0 radical (unpaired) electrons. The monoisotopic (exact) mass is 209 g/mol. The molecule has 2 N–H and O–H groups in total. The Kier molecular flexibility index (Phi) is 2.28. The fourth-order valence-corrected chi connectivity index (χ4v) is 1.31. The van der Waals surface area contributed by atoms with Crippen LogP contribution in [0.5, 0.6) is 0 Å². The molecule has 0 amide bonds. The van der Waals surface area contributed by atoms with Crippen molar-refractivity contribution in [2.24, 2.45) is 0 Å². The van der Waals surface area contributed by atoms with E-state index in [1.807, 2.05) is 0 Å². The molecule has 6 nitrogen and oxygen atoms in total. The number of nitro groups is 1. The summed E-state index contributed by atoms with van der Waals surface area (Å²) in [5, 5.41) is 22.5. The number of rotatable bonds is 4. The Labute approximate surface area is 86.1 Å². The highest BCUT2D eigenvalue weighted by Crippen LogP contribution is 2.37. The van der Waals surface area contributed by atoms with E-state index in [-0.39, 0.29) is 17.8 Å². The molecule has 1 saturated carbocycles. The topological polar surface area (TPSA) is 88.3 Å². The number of aromatic nitrogens is 1. The molecule has 0 spiro atoms. The molecule has 0 bridgehead atoms. The molecule has 1 aliphatic carbocycles. The molecule has 0 aliphatic heterocycles. The number of hydrogen-bond donors (Lipinski definition) is 2. The predicted octanol–water partition coefficient (Wildman–Crippen LogP) is 0.927. The maximum Gasteiger partial charge on any atom is 0.287 e. The van der Waals surface area contributed by atoms with Gasteiger partial charge in [0.25, 0.3) is 5.69 Å². The molecule has 2 rings (SSSR count). The Morgan fingerprint density at radius 3 is 2.73 bits per heavy atom. The van der Waals surface area contributed by atoms with E-state index in [0.717, 1.165) is 12.8 Å². The van der Waals surface area contributed by atoms with Crippen LogP contribution in [-0.2, 0) is 0 Å². The fraction of sp³-hybridized carbons (Fsp3) is 0.444. The molecular weight excluding hydrogens is 198 g/mol. The summed E-state index contributed by atoms with van der Waals surface area (Å²) in [6.45, 7) is 0.0612. The molecule has 1 aromatic heterocycles. The number of hydrogen-bond acceptors (Lipinski definition) is 5. The van der Waals surface area contributed by atoms with Crippen molar-refractivity contribution in [1.82, 2.24) is 4.98 Å².